The number of fused-ring (bicyclic) bond motifs is 1. The molecule has 1 unspecified atom stereocenters. The van der Waals surface area contributed by atoms with Crippen molar-refractivity contribution in [1.82, 2.24) is 14.9 Å². The molecule has 2 amide bonds. The van der Waals surface area contributed by atoms with E-state index in [1.807, 2.05) is 28.8 Å². The molecule has 0 bridgehead atoms. The van der Waals surface area contributed by atoms with Crippen LogP contribution >= 0.6 is 0 Å². The number of carbonyl (C=O) groups excluding carboxylic acids is 2. The molecule has 1 heterocycles. The summed E-state index contributed by atoms with van der Waals surface area (Å²) >= 11 is 0. The third kappa shape index (κ3) is 10.1. The quantitative estimate of drug-likeness (QED) is 0.0924. The van der Waals surface area contributed by atoms with Crippen LogP contribution < -0.4 is 26.4 Å². The fourth-order valence-corrected chi connectivity index (χ4v) is 6.20. The minimum Gasteiger partial charge on any atom is -0.406 e. The molecule has 0 radical (unpaired) electrons. The first kappa shape index (κ1) is 38.7. The molecule has 5 aromatic rings. The van der Waals surface area contributed by atoms with Gasteiger partial charge in [-0.05, 0) is 96.6 Å². The normalized spacial score (nSPS) is 12.8. The van der Waals surface area contributed by atoms with Crippen LogP contribution in [0, 0.1) is 11.6 Å². The molecule has 0 aliphatic rings. The first-order valence-electron chi connectivity index (χ1n) is 17.2. The highest BCUT2D eigenvalue weighted by Gasteiger charge is 2.31. The van der Waals surface area contributed by atoms with Gasteiger partial charge in [0.25, 0.3) is 0 Å². The van der Waals surface area contributed by atoms with E-state index in [-0.39, 0.29) is 25.1 Å². The molecular weight excluding hydrogens is 695 g/mol. The maximum absolute atomic E-state index is 13.8. The summed E-state index contributed by atoms with van der Waals surface area (Å²) in [6.45, 7) is 6.30. The zero-order valence-electron chi connectivity index (χ0n) is 29.3. The molecule has 0 aliphatic carbocycles. The maximum Gasteiger partial charge on any atom is 0.573 e. The summed E-state index contributed by atoms with van der Waals surface area (Å²) in [6.07, 6.45) is -3.19. The minimum atomic E-state index is -4.82. The Balaban J connectivity index is 1.49. The van der Waals surface area contributed by atoms with Gasteiger partial charge in [-0.3, -0.25) is 9.59 Å². The van der Waals surface area contributed by atoms with Gasteiger partial charge in [0, 0.05) is 30.9 Å². The van der Waals surface area contributed by atoms with Gasteiger partial charge in [0.1, 0.15) is 11.6 Å². The Hall–Kier alpha value is -5.50. The highest BCUT2D eigenvalue weighted by molar-refractivity contribution is 5.85. The third-order valence-corrected chi connectivity index (χ3v) is 8.65. The smallest absolute Gasteiger partial charge is 0.406 e. The number of alkyl halides is 3. The lowest BCUT2D eigenvalue weighted by molar-refractivity contribution is -0.274. The largest absolute Gasteiger partial charge is 0.573 e. The number of hydrogen-bond donors (Lipinski definition) is 3. The maximum atomic E-state index is 13.8. The molecule has 0 saturated carbocycles. The number of imidazole rings is 1. The number of rotatable bonds is 16. The third-order valence-electron chi connectivity index (χ3n) is 8.65. The predicted molar refractivity (Wildman–Crippen MR) is 193 cm³/mol. The fourth-order valence-electron chi connectivity index (χ4n) is 6.20. The number of nitrogens with two attached hydrogens (primary N) is 2. The molecule has 53 heavy (non-hydrogen) atoms. The van der Waals surface area contributed by atoms with E-state index in [0.29, 0.717) is 33.5 Å². The van der Waals surface area contributed by atoms with Crippen LogP contribution in [0.2, 0.25) is 0 Å². The minimum absolute atomic E-state index is 0.0874. The Labute approximate surface area is 303 Å². The Morgan fingerprint density at radius 3 is 2.15 bits per heavy atom. The number of nitrogens with zero attached hydrogens (tertiary/aromatic N) is 3. The van der Waals surface area contributed by atoms with Crippen molar-refractivity contribution < 1.29 is 36.3 Å². The Bertz CT molecular complexity index is 2030. The zero-order valence-corrected chi connectivity index (χ0v) is 29.3. The second kappa shape index (κ2) is 16.9. The molecule has 9 nitrogen and oxygen atoms in total. The van der Waals surface area contributed by atoms with Crippen LogP contribution in [0.3, 0.4) is 0 Å². The van der Waals surface area contributed by atoms with Crippen LogP contribution in [0.25, 0.3) is 22.4 Å². The van der Waals surface area contributed by atoms with Gasteiger partial charge in [0.05, 0.1) is 29.5 Å². The number of ether oxygens (including phenoxy) is 1. The van der Waals surface area contributed by atoms with E-state index in [4.69, 9.17) is 16.5 Å². The Morgan fingerprint density at radius 2 is 1.55 bits per heavy atom. The van der Waals surface area contributed by atoms with Crippen LogP contribution in [-0.2, 0) is 22.6 Å². The Kier molecular flexibility index (Phi) is 12.3. The highest BCUT2D eigenvalue weighted by Crippen LogP contribution is 2.31. The molecule has 0 spiro atoms. The van der Waals surface area contributed by atoms with Crippen molar-refractivity contribution in [3.63, 3.8) is 0 Å². The number of carbonyl (C=O) groups is 2. The fraction of sp³-hybridized carbons (Fsp3) is 0.308. The van der Waals surface area contributed by atoms with Crippen LogP contribution in [0.15, 0.2) is 84.9 Å². The van der Waals surface area contributed by atoms with Gasteiger partial charge in [-0.15, -0.1) is 13.2 Å². The lowest BCUT2D eigenvalue weighted by atomic mass is 10.0. The van der Waals surface area contributed by atoms with Crippen molar-refractivity contribution in [2.24, 2.45) is 11.5 Å². The van der Waals surface area contributed by atoms with Gasteiger partial charge < -0.3 is 31.0 Å². The second-order valence-corrected chi connectivity index (χ2v) is 12.8. The predicted octanol–water partition coefficient (Wildman–Crippen LogP) is 7.16. The Morgan fingerprint density at radius 1 is 0.887 bits per heavy atom. The van der Waals surface area contributed by atoms with Crippen molar-refractivity contribution in [3.05, 3.63) is 113 Å². The van der Waals surface area contributed by atoms with Crippen molar-refractivity contribution in [2.45, 2.75) is 64.5 Å². The van der Waals surface area contributed by atoms with E-state index >= 15 is 0 Å². The van der Waals surface area contributed by atoms with Gasteiger partial charge in [0.15, 0.2) is 11.6 Å². The van der Waals surface area contributed by atoms with Gasteiger partial charge >= 0.3 is 6.36 Å². The van der Waals surface area contributed by atoms with Crippen molar-refractivity contribution >= 4 is 28.5 Å². The molecule has 0 fully saturated rings. The number of aromatic nitrogens is 2. The van der Waals surface area contributed by atoms with E-state index in [1.54, 1.807) is 30.3 Å². The summed E-state index contributed by atoms with van der Waals surface area (Å²) in [5.74, 6) is -3.16. The number of primary amides is 1. The number of nitrogens with one attached hydrogen (secondary N) is 1. The SMILES string of the molecule is CCCN(CCC)c1ccc(-c2nc3cc(C(CC(N)=O)NC(=O)[C@@H](N)Cc4ccc(F)c(F)c4)ccc3n2Cc2ccc(OC(F)(F)F)cc2)cc1. The molecule has 14 heteroatoms. The first-order chi connectivity index (χ1) is 25.2. The molecule has 0 aliphatic heterocycles. The molecule has 1 aromatic heterocycles. The molecule has 0 saturated heterocycles. The van der Waals surface area contributed by atoms with E-state index in [0.717, 1.165) is 49.3 Å². The lowest BCUT2D eigenvalue weighted by Gasteiger charge is -2.24. The van der Waals surface area contributed by atoms with Crippen molar-refractivity contribution in [2.75, 3.05) is 18.0 Å². The van der Waals surface area contributed by atoms with E-state index in [2.05, 4.69) is 28.8 Å². The summed E-state index contributed by atoms with van der Waals surface area (Å²) in [4.78, 5) is 32.6. The molecule has 4 aromatic carbocycles. The molecule has 5 rings (SSSR count). The number of hydrogen-bond acceptors (Lipinski definition) is 6. The molecule has 2 atom stereocenters. The molecule has 5 N–H and O–H groups in total. The summed E-state index contributed by atoms with van der Waals surface area (Å²) in [6, 6.07) is 20.0. The summed E-state index contributed by atoms with van der Waals surface area (Å²) in [5, 5.41) is 2.76. The highest BCUT2D eigenvalue weighted by atomic mass is 19.4. The lowest BCUT2D eigenvalue weighted by Crippen LogP contribution is -2.44. The first-order valence-corrected chi connectivity index (χ1v) is 17.2. The van der Waals surface area contributed by atoms with Gasteiger partial charge in [-0.1, -0.05) is 38.1 Å². The van der Waals surface area contributed by atoms with Crippen molar-refractivity contribution in [3.8, 4) is 17.1 Å². The number of anilines is 1. The van der Waals surface area contributed by atoms with Crippen LogP contribution in [-0.4, -0.2) is 46.9 Å². The van der Waals surface area contributed by atoms with E-state index in [1.165, 1.54) is 18.2 Å². The topological polar surface area (TPSA) is 128 Å². The summed E-state index contributed by atoms with van der Waals surface area (Å²) < 4.78 is 71.5. The van der Waals surface area contributed by atoms with E-state index in [9.17, 15) is 31.5 Å². The average Bonchev–Trinajstić information content (AvgIpc) is 3.46. The standard InChI is InChI=1S/C39H41F5N6O3/c1-3-17-49(18-4-2)28-11-8-26(9-12-28)37-47-34-21-27(10-16-35(34)50(37)23-24-5-13-29(14-6-24)53-39(42,43)44)33(22-36(46)51)48-38(52)32(45)20-25-7-15-30(40)31(41)19-25/h5-16,19,21,32-33H,3-4,17-18,20,22-23,45H2,1-2H3,(H2,46,51)(H,48,52)/t32-,33?/m0/s1. The van der Waals surface area contributed by atoms with Gasteiger partial charge in [-0.2, -0.15) is 0 Å². The van der Waals surface area contributed by atoms with Crippen LogP contribution in [0.5, 0.6) is 5.75 Å². The van der Waals surface area contributed by atoms with E-state index < -0.39 is 41.9 Å². The van der Waals surface area contributed by atoms with Gasteiger partial charge in [0.2, 0.25) is 11.8 Å². The summed E-state index contributed by atoms with van der Waals surface area (Å²) in [7, 11) is 0. The van der Waals surface area contributed by atoms with Crippen LogP contribution in [0.4, 0.5) is 27.6 Å². The summed E-state index contributed by atoms with van der Waals surface area (Å²) in [5.41, 5.74) is 16.3. The number of benzene rings is 4. The van der Waals surface area contributed by atoms with Crippen molar-refractivity contribution in [1.29, 1.82) is 0 Å². The van der Waals surface area contributed by atoms with Crippen LogP contribution in [0.1, 0.15) is 55.8 Å². The second-order valence-electron chi connectivity index (χ2n) is 12.8. The number of halogens is 5. The van der Waals surface area contributed by atoms with Gasteiger partial charge in [-0.25, -0.2) is 13.8 Å². The zero-order chi connectivity index (χ0) is 38.3. The monoisotopic (exact) mass is 736 g/mol. The molecular formula is C39H41F5N6O3. The average molecular weight is 737 g/mol. The number of amides is 2. The molecule has 280 valence electrons.